The van der Waals surface area contributed by atoms with Gasteiger partial charge in [-0.3, -0.25) is 14.7 Å². The van der Waals surface area contributed by atoms with Crippen LogP contribution in [0.25, 0.3) is 11.0 Å². The molecule has 0 aliphatic heterocycles. The summed E-state index contributed by atoms with van der Waals surface area (Å²) < 4.78 is 6.23. The van der Waals surface area contributed by atoms with E-state index >= 15 is 0 Å². The van der Waals surface area contributed by atoms with Gasteiger partial charge in [-0.2, -0.15) is 9.90 Å². The number of rotatable bonds is 4. The van der Waals surface area contributed by atoms with Crippen LogP contribution in [0.15, 0.2) is 24.4 Å². The number of hydrogen-bond donors (Lipinski definition) is 2. The van der Waals surface area contributed by atoms with Crippen LogP contribution in [-0.4, -0.2) is 43.2 Å². The summed E-state index contributed by atoms with van der Waals surface area (Å²) in [5, 5.41) is 10.4. The molecule has 2 heterocycles. The number of nitrogens with one attached hydrogen (secondary N) is 1. The molecule has 0 aliphatic carbocycles. The van der Waals surface area contributed by atoms with Crippen LogP contribution >= 0.6 is 0 Å². The van der Waals surface area contributed by atoms with Crippen LogP contribution in [0.1, 0.15) is 17.5 Å². The second kappa shape index (κ2) is 6.59. The van der Waals surface area contributed by atoms with Gasteiger partial charge < -0.3 is 10.5 Å². The fourth-order valence-corrected chi connectivity index (χ4v) is 2.43. The first kappa shape index (κ1) is 16.4. The zero-order valence-electron chi connectivity index (χ0n) is 13.8. The molecule has 3 N–H and O–H groups in total. The zero-order valence-corrected chi connectivity index (χ0v) is 13.8. The fourth-order valence-electron chi connectivity index (χ4n) is 2.43. The van der Waals surface area contributed by atoms with Crippen LogP contribution in [0, 0.1) is 6.92 Å². The van der Waals surface area contributed by atoms with E-state index in [0.29, 0.717) is 22.5 Å². The number of aryl methyl sites for hydroxylation is 1. The van der Waals surface area contributed by atoms with Crippen molar-refractivity contribution >= 4 is 34.5 Å². The van der Waals surface area contributed by atoms with Crippen LogP contribution in [0.4, 0.5) is 16.3 Å². The Bertz CT molecular complexity index is 944. The van der Waals surface area contributed by atoms with Crippen molar-refractivity contribution in [2.45, 2.75) is 20.4 Å². The minimum Gasteiger partial charge on any atom is -0.450 e. The summed E-state index contributed by atoms with van der Waals surface area (Å²) in [6.07, 6.45) is 0.707. The fraction of sp³-hybridized carbons (Fsp3) is 0.267. The van der Waals surface area contributed by atoms with Gasteiger partial charge >= 0.3 is 6.09 Å². The summed E-state index contributed by atoms with van der Waals surface area (Å²) >= 11 is 0. The Kier molecular flexibility index (Phi) is 4.33. The number of carbonyl (C=O) groups is 2. The van der Waals surface area contributed by atoms with Gasteiger partial charge in [0.25, 0.3) is 5.91 Å². The molecule has 3 rings (SSSR count). The highest BCUT2D eigenvalue weighted by Crippen LogP contribution is 2.18. The van der Waals surface area contributed by atoms with Crippen molar-refractivity contribution in [3.8, 4) is 0 Å². The number of imidazole rings is 1. The van der Waals surface area contributed by atoms with E-state index in [1.54, 1.807) is 32.0 Å². The molecule has 1 amide bonds. The SMILES string of the molecule is CCOC(=O)Nc1cnn(CC(=O)n2c(C)nc3cc(N)ccc32)n1. The quantitative estimate of drug-likeness (QED) is 0.685. The molecule has 0 atom stereocenters. The van der Waals surface area contributed by atoms with E-state index in [-0.39, 0.29) is 24.9 Å². The molecule has 2 aromatic heterocycles. The van der Waals surface area contributed by atoms with E-state index in [1.165, 1.54) is 15.6 Å². The van der Waals surface area contributed by atoms with Crippen molar-refractivity contribution in [1.82, 2.24) is 24.5 Å². The summed E-state index contributed by atoms with van der Waals surface area (Å²) in [7, 11) is 0. The van der Waals surface area contributed by atoms with Gasteiger partial charge in [0.1, 0.15) is 12.4 Å². The van der Waals surface area contributed by atoms with Gasteiger partial charge in [-0.05, 0) is 32.0 Å². The smallest absolute Gasteiger partial charge is 0.412 e. The van der Waals surface area contributed by atoms with Gasteiger partial charge in [-0.1, -0.05) is 0 Å². The van der Waals surface area contributed by atoms with Crippen molar-refractivity contribution < 1.29 is 14.3 Å². The molecule has 130 valence electrons. The molecule has 0 bridgehead atoms. The third-order valence-electron chi connectivity index (χ3n) is 3.41. The second-order valence-electron chi connectivity index (χ2n) is 5.24. The average molecular weight is 343 g/mol. The molecule has 25 heavy (non-hydrogen) atoms. The van der Waals surface area contributed by atoms with Crippen LogP contribution < -0.4 is 11.1 Å². The Hall–Kier alpha value is -3.43. The van der Waals surface area contributed by atoms with Gasteiger partial charge in [0.05, 0.1) is 23.8 Å². The lowest BCUT2D eigenvalue weighted by molar-refractivity contribution is 0.0883. The Morgan fingerprint density at radius 2 is 2.16 bits per heavy atom. The predicted molar refractivity (Wildman–Crippen MR) is 90.2 cm³/mol. The minimum atomic E-state index is -0.630. The largest absolute Gasteiger partial charge is 0.450 e. The van der Waals surface area contributed by atoms with Crippen LogP contribution in [-0.2, 0) is 11.3 Å². The van der Waals surface area contributed by atoms with E-state index in [0.717, 1.165) is 0 Å². The number of hydrogen-bond acceptors (Lipinski definition) is 7. The molecule has 0 radical (unpaired) electrons. The molecular weight excluding hydrogens is 326 g/mol. The topological polar surface area (TPSA) is 130 Å². The monoisotopic (exact) mass is 343 g/mol. The maximum atomic E-state index is 12.6. The molecule has 0 saturated heterocycles. The van der Waals surface area contributed by atoms with Crippen LogP contribution in [0.5, 0.6) is 0 Å². The lowest BCUT2D eigenvalue weighted by atomic mass is 10.3. The first-order chi connectivity index (χ1) is 12.0. The number of benzene rings is 1. The van der Waals surface area contributed by atoms with E-state index in [1.807, 2.05) is 0 Å². The van der Waals surface area contributed by atoms with E-state index < -0.39 is 6.09 Å². The normalized spacial score (nSPS) is 10.8. The third kappa shape index (κ3) is 3.42. The number of anilines is 2. The highest BCUT2D eigenvalue weighted by Gasteiger charge is 2.16. The Morgan fingerprint density at radius 1 is 1.36 bits per heavy atom. The van der Waals surface area contributed by atoms with Gasteiger partial charge in [0.2, 0.25) is 0 Å². The highest BCUT2D eigenvalue weighted by molar-refractivity contribution is 5.92. The number of nitrogens with two attached hydrogens (primary N) is 1. The molecular formula is C15H17N7O3. The van der Waals surface area contributed by atoms with Crippen LogP contribution in [0.3, 0.4) is 0 Å². The molecule has 3 aromatic rings. The second-order valence-corrected chi connectivity index (χ2v) is 5.24. The summed E-state index contributed by atoms with van der Waals surface area (Å²) in [6, 6.07) is 5.16. The van der Waals surface area contributed by atoms with Crippen molar-refractivity contribution in [2.75, 3.05) is 17.7 Å². The van der Waals surface area contributed by atoms with E-state index in [2.05, 4.69) is 20.5 Å². The summed E-state index contributed by atoms with van der Waals surface area (Å²) in [5.74, 6) is 0.483. The first-order valence-electron chi connectivity index (χ1n) is 7.59. The molecule has 0 aliphatic rings. The van der Waals surface area contributed by atoms with Crippen molar-refractivity contribution in [2.24, 2.45) is 0 Å². The van der Waals surface area contributed by atoms with Gasteiger partial charge in [-0.25, -0.2) is 9.78 Å². The van der Waals surface area contributed by atoms with Gasteiger partial charge in [0, 0.05) is 5.69 Å². The predicted octanol–water partition coefficient (Wildman–Crippen LogP) is 1.43. The summed E-state index contributed by atoms with van der Waals surface area (Å²) in [5.41, 5.74) is 7.62. The van der Waals surface area contributed by atoms with E-state index in [4.69, 9.17) is 10.5 Å². The van der Waals surface area contributed by atoms with Crippen LogP contribution in [0.2, 0.25) is 0 Å². The molecule has 10 nitrogen and oxygen atoms in total. The Morgan fingerprint density at radius 3 is 2.92 bits per heavy atom. The number of aromatic nitrogens is 5. The third-order valence-corrected chi connectivity index (χ3v) is 3.41. The Labute approximate surface area is 142 Å². The Balaban J connectivity index is 1.78. The lowest BCUT2D eigenvalue weighted by Gasteiger charge is -2.05. The average Bonchev–Trinajstić information content (AvgIpc) is 3.10. The lowest BCUT2D eigenvalue weighted by Crippen LogP contribution is -2.21. The molecule has 0 spiro atoms. The number of carbonyl (C=O) groups excluding carboxylic acids is 2. The standard InChI is InChI=1S/C15H17N7O3/c1-3-25-15(24)19-13-7-17-21(20-13)8-14(23)22-9(2)18-11-6-10(16)4-5-12(11)22/h4-7H,3,8,16H2,1-2H3,(H,19,20,24). The summed E-state index contributed by atoms with van der Waals surface area (Å²) in [4.78, 5) is 29.5. The molecule has 0 fully saturated rings. The first-order valence-corrected chi connectivity index (χ1v) is 7.59. The zero-order chi connectivity index (χ0) is 18.0. The number of ether oxygens (including phenoxy) is 1. The number of amides is 1. The molecule has 1 aromatic carbocycles. The van der Waals surface area contributed by atoms with Gasteiger partial charge in [-0.15, -0.1) is 5.10 Å². The highest BCUT2D eigenvalue weighted by atomic mass is 16.5. The molecule has 0 unspecified atom stereocenters. The van der Waals surface area contributed by atoms with Crippen molar-refractivity contribution in [3.63, 3.8) is 0 Å². The van der Waals surface area contributed by atoms with E-state index in [9.17, 15) is 9.59 Å². The molecule has 10 heteroatoms. The maximum absolute atomic E-state index is 12.6. The molecule has 0 saturated carbocycles. The summed E-state index contributed by atoms with van der Waals surface area (Å²) in [6.45, 7) is 3.57. The van der Waals surface area contributed by atoms with Gasteiger partial charge in [0.15, 0.2) is 5.82 Å². The maximum Gasteiger partial charge on any atom is 0.412 e. The minimum absolute atomic E-state index is 0.110. The number of fused-ring (bicyclic) bond motifs is 1. The number of nitrogens with zero attached hydrogens (tertiary/aromatic N) is 5. The number of nitrogen functional groups attached to an aromatic ring is 1. The van der Waals surface area contributed by atoms with Crippen molar-refractivity contribution in [1.29, 1.82) is 0 Å². The van der Waals surface area contributed by atoms with Crippen molar-refractivity contribution in [3.05, 3.63) is 30.2 Å².